The summed E-state index contributed by atoms with van der Waals surface area (Å²) in [5.74, 6) is 1.85. The Kier molecular flexibility index (Phi) is 6.00. The molecule has 0 saturated heterocycles. The van der Waals surface area contributed by atoms with Crippen molar-refractivity contribution in [1.82, 2.24) is 0 Å². The summed E-state index contributed by atoms with van der Waals surface area (Å²) >= 11 is 1.89. The number of hydrogen-bond acceptors (Lipinski definition) is 4. The van der Waals surface area contributed by atoms with Gasteiger partial charge in [0.05, 0.1) is 12.3 Å². The van der Waals surface area contributed by atoms with E-state index in [1.54, 1.807) is 0 Å². The minimum absolute atomic E-state index is 0.423. The zero-order valence-corrected chi connectivity index (χ0v) is 17.2. The molecule has 0 spiro atoms. The van der Waals surface area contributed by atoms with Crippen LogP contribution < -0.4 is 10.1 Å². The van der Waals surface area contributed by atoms with Crippen LogP contribution >= 0.6 is 11.8 Å². The number of unbranched alkanes of at least 4 members (excludes halogenated alkanes) is 1. The number of benzene rings is 2. The van der Waals surface area contributed by atoms with Gasteiger partial charge in [0, 0.05) is 16.5 Å². The Labute approximate surface area is 165 Å². The van der Waals surface area contributed by atoms with E-state index in [4.69, 9.17) is 9.47 Å². The van der Waals surface area contributed by atoms with E-state index in [2.05, 4.69) is 37.4 Å². The average molecular weight is 386 g/mol. The zero-order valence-electron chi connectivity index (χ0n) is 16.4. The summed E-state index contributed by atoms with van der Waals surface area (Å²) in [5, 5.41) is 2.75. The van der Waals surface area contributed by atoms with Gasteiger partial charge in [-0.25, -0.2) is 4.79 Å². The third kappa shape index (κ3) is 4.98. The molecule has 0 unspecified atom stereocenters. The molecule has 0 radical (unpaired) electrons. The van der Waals surface area contributed by atoms with Crippen LogP contribution in [0, 0.1) is 13.8 Å². The van der Waals surface area contributed by atoms with Crippen molar-refractivity contribution in [2.45, 2.75) is 51.0 Å². The van der Waals surface area contributed by atoms with Gasteiger partial charge in [-0.05, 0) is 81.7 Å². The first-order chi connectivity index (χ1) is 12.8. The van der Waals surface area contributed by atoms with Crippen LogP contribution in [0.15, 0.2) is 41.3 Å². The number of aryl methyl sites for hydroxylation is 2. The monoisotopic (exact) mass is 385 g/mol. The fourth-order valence-electron chi connectivity index (χ4n) is 3.05. The normalized spacial score (nSPS) is 14.9. The molecule has 144 valence electrons. The van der Waals surface area contributed by atoms with Crippen LogP contribution in [-0.4, -0.2) is 18.5 Å². The van der Waals surface area contributed by atoms with Crippen molar-refractivity contribution in [2.24, 2.45) is 0 Å². The summed E-state index contributed by atoms with van der Waals surface area (Å²) in [4.78, 5) is 13.0. The lowest BCUT2D eigenvalue weighted by molar-refractivity contribution is 0.0420. The number of carbonyl (C=O) groups is 1. The first-order valence-corrected chi connectivity index (χ1v) is 10.3. The highest BCUT2D eigenvalue weighted by Gasteiger charge is 2.33. The Bertz CT molecular complexity index is 832. The van der Waals surface area contributed by atoms with Crippen molar-refractivity contribution in [2.75, 3.05) is 17.7 Å². The van der Waals surface area contributed by atoms with E-state index in [0.29, 0.717) is 6.61 Å². The average Bonchev–Trinajstić information content (AvgIpc) is 2.59. The van der Waals surface area contributed by atoms with Gasteiger partial charge in [-0.1, -0.05) is 6.07 Å². The summed E-state index contributed by atoms with van der Waals surface area (Å²) in [6, 6.07) is 12.4. The van der Waals surface area contributed by atoms with Crippen molar-refractivity contribution < 1.29 is 14.3 Å². The largest absolute Gasteiger partial charge is 0.494 e. The van der Waals surface area contributed by atoms with Crippen LogP contribution in [0.5, 0.6) is 5.75 Å². The van der Waals surface area contributed by atoms with Crippen LogP contribution in [0.1, 0.15) is 43.4 Å². The van der Waals surface area contributed by atoms with Gasteiger partial charge in [0.25, 0.3) is 0 Å². The van der Waals surface area contributed by atoms with E-state index < -0.39 is 11.7 Å². The number of anilines is 1. The molecule has 1 heterocycles. The smallest absolute Gasteiger partial charge is 0.412 e. The van der Waals surface area contributed by atoms with Gasteiger partial charge in [0.2, 0.25) is 0 Å². The summed E-state index contributed by atoms with van der Waals surface area (Å²) in [7, 11) is 0. The first-order valence-electron chi connectivity index (χ1n) is 9.32. The van der Waals surface area contributed by atoms with Crippen LogP contribution in [0.3, 0.4) is 0 Å². The topological polar surface area (TPSA) is 47.6 Å². The third-order valence-corrected chi connectivity index (χ3v) is 5.86. The van der Waals surface area contributed by atoms with Gasteiger partial charge in [-0.2, -0.15) is 0 Å². The van der Waals surface area contributed by atoms with E-state index in [1.165, 1.54) is 16.0 Å². The van der Waals surface area contributed by atoms with Crippen LogP contribution in [0.25, 0.3) is 0 Å². The van der Waals surface area contributed by atoms with Gasteiger partial charge < -0.3 is 9.47 Å². The van der Waals surface area contributed by atoms with Crippen molar-refractivity contribution in [1.29, 1.82) is 0 Å². The van der Waals surface area contributed by atoms with E-state index in [0.717, 1.165) is 35.6 Å². The highest BCUT2D eigenvalue weighted by atomic mass is 32.2. The molecule has 1 N–H and O–H groups in total. The molecule has 2 aromatic rings. The van der Waals surface area contributed by atoms with Gasteiger partial charge in [-0.15, -0.1) is 11.8 Å². The molecular weight excluding hydrogens is 358 g/mol. The summed E-state index contributed by atoms with van der Waals surface area (Å²) in [5.41, 5.74) is 3.78. The maximum atomic E-state index is 11.7. The second-order valence-corrected chi connectivity index (χ2v) is 8.55. The van der Waals surface area contributed by atoms with Crippen molar-refractivity contribution in [3.63, 3.8) is 0 Å². The summed E-state index contributed by atoms with van der Waals surface area (Å²) in [6.07, 6.45) is 1.67. The number of rotatable bonds is 7. The second kappa shape index (κ2) is 8.26. The maximum absolute atomic E-state index is 11.7. The Balaban J connectivity index is 1.44. The van der Waals surface area contributed by atoms with Gasteiger partial charge in [0.1, 0.15) is 11.4 Å². The molecule has 4 nitrogen and oxygen atoms in total. The van der Waals surface area contributed by atoms with Crippen molar-refractivity contribution >= 4 is 23.5 Å². The highest BCUT2D eigenvalue weighted by molar-refractivity contribution is 7.99. The Morgan fingerprint density at radius 3 is 2.67 bits per heavy atom. The highest BCUT2D eigenvalue weighted by Crippen LogP contribution is 2.37. The number of fused-ring (bicyclic) bond motifs is 1. The van der Waals surface area contributed by atoms with Crippen LogP contribution in [0.2, 0.25) is 0 Å². The van der Waals surface area contributed by atoms with Crippen LogP contribution in [0.4, 0.5) is 10.5 Å². The van der Waals surface area contributed by atoms with Gasteiger partial charge in [-0.3, -0.25) is 5.32 Å². The minimum atomic E-state index is -0.623. The Morgan fingerprint density at radius 1 is 1.07 bits per heavy atom. The molecule has 0 bridgehead atoms. The number of carbonyl (C=O) groups excluding carboxylic acids is 1. The number of cyclic esters (lactones) is 1. The number of amides is 1. The van der Waals surface area contributed by atoms with Crippen LogP contribution in [-0.2, 0) is 10.3 Å². The first kappa shape index (κ1) is 19.6. The molecular formula is C22H27NO3S. The fraction of sp³-hybridized carbons (Fsp3) is 0.409. The van der Waals surface area contributed by atoms with E-state index in [-0.39, 0.29) is 0 Å². The number of nitrogens with one attached hydrogen (secondary N) is 1. The fourth-order valence-corrected chi connectivity index (χ4v) is 4.06. The summed E-state index contributed by atoms with van der Waals surface area (Å²) < 4.78 is 11.2. The molecule has 0 atom stereocenters. The number of ether oxygens (including phenoxy) is 2. The number of hydrogen-bond donors (Lipinski definition) is 1. The quantitative estimate of drug-likeness (QED) is 0.465. The molecule has 0 aromatic heterocycles. The lowest BCUT2D eigenvalue weighted by atomic mass is 9.95. The zero-order chi connectivity index (χ0) is 19.4. The number of thioether (sulfide) groups is 1. The molecule has 5 heteroatoms. The maximum Gasteiger partial charge on any atom is 0.412 e. The standard InChI is InChI=1S/C22H27NO3S/c1-15-7-9-18(13-16(15)2)27-12-6-5-11-25-17-8-10-19-20(14-17)23-21(24)26-22(19,3)4/h7-10,13-14H,5-6,11-12H2,1-4H3,(H,23,24). The molecule has 1 aliphatic rings. The Morgan fingerprint density at radius 2 is 1.89 bits per heavy atom. The molecule has 1 amide bonds. The molecule has 27 heavy (non-hydrogen) atoms. The molecule has 3 rings (SSSR count). The predicted octanol–water partition coefficient (Wildman–Crippen LogP) is 6.05. The molecule has 0 fully saturated rings. The molecule has 0 saturated carbocycles. The van der Waals surface area contributed by atoms with E-state index >= 15 is 0 Å². The lowest BCUT2D eigenvalue weighted by Crippen LogP contribution is -2.34. The predicted molar refractivity (Wildman–Crippen MR) is 111 cm³/mol. The molecule has 0 aliphatic carbocycles. The summed E-state index contributed by atoms with van der Waals surface area (Å²) in [6.45, 7) is 8.74. The van der Waals surface area contributed by atoms with E-state index in [9.17, 15) is 4.79 Å². The lowest BCUT2D eigenvalue weighted by Gasteiger charge is -2.32. The van der Waals surface area contributed by atoms with E-state index in [1.807, 2.05) is 43.8 Å². The van der Waals surface area contributed by atoms with Crippen molar-refractivity contribution in [3.05, 3.63) is 53.1 Å². The van der Waals surface area contributed by atoms with Gasteiger partial charge in [0.15, 0.2) is 0 Å². The second-order valence-electron chi connectivity index (χ2n) is 7.38. The SMILES string of the molecule is Cc1ccc(SCCCCOc2ccc3c(c2)NC(=O)OC3(C)C)cc1C. The van der Waals surface area contributed by atoms with Gasteiger partial charge >= 0.3 is 6.09 Å². The Hall–Kier alpha value is -2.14. The molecule has 2 aromatic carbocycles. The molecule has 1 aliphatic heterocycles. The van der Waals surface area contributed by atoms with Crippen molar-refractivity contribution in [3.8, 4) is 5.75 Å². The third-order valence-electron chi connectivity index (χ3n) is 4.78. The minimum Gasteiger partial charge on any atom is -0.494 e.